The van der Waals surface area contributed by atoms with Crippen molar-refractivity contribution in [2.45, 2.75) is 20.3 Å². The van der Waals surface area contributed by atoms with Gasteiger partial charge in [-0.05, 0) is 38.0 Å². The van der Waals surface area contributed by atoms with Gasteiger partial charge in [0.05, 0.1) is 0 Å². The lowest BCUT2D eigenvalue weighted by molar-refractivity contribution is 0.0753. The van der Waals surface area contributed by atoms with E-state index in [2.05, 4.69) is 0 Å². The van der Waals surface area contributed by atoms with Gasteiger partial charge in [-0.2, -0.15) is 0 Å². The van der Waals surface area contributed by atoms with Crippen LogP contribution in [-0.4, -0.2) is 35.6 Å². The normalized spacial score (nSPS) is 10.4. The second-order valence-electron chi connectivity index (χ2n) is 3.87. The average molecular weight is 256 g/mol. The van der Waals surface area contributed by atoms with Crippen LogP contribution in [0.5, 0.6) is 0 Å². The van der Waals surface area contributed by atoms with Gasteiger partial charge >= 0.3 is 0 Å². The number of hydrogen-bond acceptors (Lipinski definition) is 2. The summed E-state index contributed by atoms with van der Waals surface area (Å²) in [5.74, 6) is -0.0269. The molecule has 1 N–H and O–H groups in total. The number of carbonyl (C=O) groups excluding carboxylic acids is 1. The molecule has 0 radical (unpaired) electrons. The molecule has 1 aromatic carbocycles. The monoisotopic (exact) mass is 255 g/mol. The van der Waals surface area contributed by atoms with Gasteiger partial charge in [0.2, 0.25) is 0 Å². The van der Waals surface area contributed by atoms with Gasteiger partial charge in [-0.15, -0.1) is 0 Å². The zero-order chi connectivity index (χ0) is 12.8. The molecule has 1 amide bonds. The highest BCUT2D eigenvalue weighted by atomic mass is 35.5. The van der Waals surface area contributed by atoms with Crippen LogP contribution in [0.3, 0.4) is 0 Å². The summed E-state index contributed by atoms with van der Waals surface area (Å²) in [6, 6.07) is 5.34. The van der Waals surface area contributed by atoms with Crippen molar-refractivity contribution in [1.82, 2.24) is 4.90 Å². The standard InChI is InChI=1S/C13H18ClNO2/c1-3-15(8-5-9-16)13(17)11-6-4-7-12(14)10(11)2/h4,6-7,16H,3,5,8-9H2,1-2H3. The molecule has 0 aromatic heterocycles. The molecule has 0 unspecified atom stereocenters. The summed E-state index contributed by atoms with van der Waals surface area (Å²) in [6.07, 6.45) is 0.596. The van der Waals surface area contributed by atoms with Crippen molar-refractivity contribution in [2.75, 3.05) is 19.7 Å². The summed E-state index contributed by atoms with van der Waals surface area (Å²) in [6.45, 7) is 5.06. The minimum absolute atomic E-state index is 0.0269. The molecule has 1 aromatic rings. The summed E-state index contributed by atoms with van der Waals surface area (Å²) >= 11 is 6.00. The molecule has 0 aliphatic rings. The number of rotatable bonds is 5. The SMILES string of the molecule is CCN(CCCO)C(=O)c1cccc(Cl)c1C. The van der Waals surface area contributed by atoms with Crippen LogP contribution in [0, 0.1) is 6.92 Å². The molecule has 0 saturated heterocycles. The average Bonchev–Trinajstić information content (AvgIpc) is 2.33. The fourth-order valence-electron chi connectivity index (χ4n) is 1.67. The molecule has 1 rings (SSSR count). The van der Waals surface area contributed by atoms with Gasteiger partial charge in [0, 0.05) is 30.3 Å². The van der Waals surface area contributed by atoms with Crippen molar-refractivity contribution < 1.29 is 9.90 Å². The second-order valence-corrected chi connectivity index (χ2v) is 4.28. The van der Waals surface area contributed by atoms with E-state index in [-0.39, 0.29) is 12.5 Å². The first-order chi connectivity index (χ1) is 8.11. The molecule has 0 spiro atoms. The van der Waals surface area contributed by atoms with E-state index in [1.807, 2.05) is 13.8 Å². The van der Waals surface area contributed by atoms with Crippen molar-refractivity contribution in [2.24, 2.45) is 0 Å². The molecule has 0 aliphatic carbocycles. The highest BCUT2D eigenvalue weighted by Crippen LogP contribution is 2.20. The molecule has 0 saturated carbocycles. The summed E-state index contributed by atoms with van der Waals surface area (Å²) in [5.41, 5.74) is 1.44. The first-order valence-corrected chi connectivity index (χ1v) is 6.14. The number of halogens is 1. The maximum atomic E-state index is 12.2. The Morgan fingerprint density at radius 3 is 2.76 bits per heavy atom. The lowest BCUT2D eigenvalue weighted by Gasteiger charge is -2.21. The van der Waals surface area contributed by atoms with E-state index in [0.717, 1.165) is 5.56 Å². The van der Waals surface area contributed by atoms with Crippen molar-refractivity contribution in [1.29, 1.82) is 0 Å². The Bertz CT molecular complexity index is 393. The van der Waals surface area contributed by atoms with Crippen LogP contribution in [0.4, 0.5) is 0 Å². The number of nitrogens with zero attached hydrogens (tertiary/aromatic N) is 1. The molecule has 17 heavy (non-hydrogen) atoms. The lowest BCUT2D eigenvalue weighted by Crippen LogP contribution is -2.32. The van der Waals surface area contributed by atoms with Crippen molar-refractivity contribution in [3.05, 3.63) is 34.3 Å². The Kier molecular flexibility index (Phi) is 5.45. The van der Waals surface area contributed by atoms with Crippen LogP contribution in [0.15, 0.2) is 18.2 Å². The minimum Gasteiger partial charge on any atom is -0.396 e. The van der Waals surface area contributed by atoms with Crippen LogP contribution in [0.2, 0.25) is 5.02 Å². The van der Waals surface area contributed by atoms with E-state index in [9.17, 15) is 4.79 Å². The summed E-state index contributed by atoms with van der Waals surface area (Å²) in [4.78, 5) is 14.0. The summed E-state index contributed by atoms with van der Waals surface area (Å²) in [5, 5.41) is 9.41. The van der Waals surface area contributed by atoms with E-state index in [1.54, 1.807) is 23.1 Å². The number of aliphatic hydroxyl groups excluding tert-OH is 1. The topological polar surface area (TPSA) is 40.5 Å². The number of amides is 1. The van der Waals surface area contributed by atoms with Crippen LogP contribution in [0.1, 0.15) is 29.3 Å². The first-order valence-electron chi connectivity index (χ1n) is 5.77. The van der Waals surface area contributed by atoms with Crippen molar-refractivity contribution in [3.63, 3.8) is 0 Å². The maximum absolute atomic E-state index is 12.2. The summed E-state index contributed by atoms with van der Waals surface area (Å²) < 4.78 is 0. The largest absolute Gasteiger partial charge is 0.396 e. The quantitative estimate of drug-likeness (QED) is 0.878. The fourth-order valence-corrected chi connectivity index (χ4v) is 1.85. The van der Waals surface area contributed by atoms with Gasteiger partial charge in [-0.3, -0.25) is 4.79 Å². The van der Waals surface area contributed by atoms with E-state index >= 15 is 0 Å². The predicted molar refractivity (Wildman–Crippen MR) is 69.5 cm³/mol. The maximum Gasteiger partial charge on any atom is 0.254 e. The molecular formula is C13H18ClNO2. The van der Waals surface area contributed by atoms with Crippen LogP contribution in [-0.2, 0) is 0 Å². The van der Waals surface area contributed by atoms with Gasteiger partial charge in [0.1, 0.15) is 0 Å². The van der Waals surface area contributed by atoms with E-state index in [1.165, 1.54) is 0 Å². The zero-order valence-corrected chi connectivity index (χ0v) is 11.0. The molecule has 0 bridgehead atoms. The van der Waals surface area contributed by atoms with Gasteiger partial charge in [0.25, 0.3) is 5.91 Å². The molecule has 4 heteroatoms. The van der Waals surface area contributed by atoms with E-state index in [0.29, 0.717) is 30.1 Å². The molecule has 0 heterocycles. The van der Waals surface area contributed by atoms with Gasteiger partial charge in [-0.1, -0.05) is 17.7 Å². The number of benzene rings is 1. The van der Waals surface area contributed by atoms with Crippen LogP contribution < -0.4 is 0 Å². The molecule has 0 aliphatic heterocycles. The Labute approximate surface area is 107 Å². The number of hydrogen-bond donors (Lipinski definition) is 1. The van der Waals surface area contributed by atoms with Gasteiger partial charge in [-0.25, -0.2) is 0 Å². The highest BCUT2D eigenvalue weighted by Gasteiger charge is 2.16. The Balaban J connectivity index is 2.90. The third kappa shape index (κ3) is 3.45. The fraction of sp³-hybridized carbons (Fsp3) is 0.462. The Hall–Kier alpha value is -1.06. The molecule has 94 valence electrons. The second kappa shape index (κ2) is 6.62. The Morgan fingerprint density at radius 1 is 1.47 bits per heavy atom. The molecule has 0 fully saturated rings. The highest BCUT2D eigenvalue weighted by molar-refractivity contribution is 6.31. The summed E-state index contributed by atoms with van der Waals surface area (Å²) in [7, 11) is 0. The Morgan fingerprint density at radius 2 is 2.18 bits per heavy atom. The zero-order valence-electron chi connectivity index (χ0n) is 10.2. The number of aliphatic hydroxyl groups is 1. The minimum atomic E-state index is -0.0269. The molecular weight excluding hydrogens is 238 g/mol. The van der Waals surface area contributed by atoms with Crippen molar-refractivity contribution >= 4 is 17.5 Å². The number of carbonyl (C=O) groups is 1. The van der Waals surface area contributed by atoms with Crippen molar-refractivity contribution in [3.8, 4) is 0 Å². The molecule has 0 atom stereocenters. The predicted octanol–water partition coefficient (Wildman–Crippen LogP) is 2.49. The molecule has 3 nitrogen and oxygen atoms in total. The van der Waals surface area contributed by atoms with Gasteiger partial charge in [0.15, 0.2) is 0 Å². The smallest absolute Gasteiger partial charge is 0.254 e. The van der Waals surface area contributed by atoms with Gasteiger partial charge < -0.3 is 10.0 Å². The third-order valence-corrected chi connectivity index (χ3v) is 3.16. The van der Waals surface area contributed by atoms with E-state index < -0.39 is 0 Å². The lowest BCUT2D eigenvalue weighted by atomic mass is 10.1. The van der Waals surface area contributed by atoms with Crippen LogP contribution >= 0.6 is 11.6 Å². The van der Waals surface area contributed by atoms with Crippen LogP contribution in [0.25, 0.3) is 0 Å². The van der Waals surface area contributed by atoms with E-state index in [4.69, 9.17) is 16.7 Å². The third-order valence-electron chi connectivity index (χ3n) is 2.75. The first kappa shape index (κ1) is 14.0.